The van der Waals surface area contributed by atoms with Gasteiger partial charge in [-0.25, -0.2) is 4.98 Å². The zero-order valence-corrected chi connectivity index (χ0v) is 11.9. The number of carbonyl (C=O) groups excluding carboxylic acids is 1. The van der Waals surface area contributed by atoms with Gasteiger partial charge in [0.25, 0.3) is 5.91 Å². The highest BCUT2D eigenvalue weighted by atomic mass is 16.2. The summed E-state index contributed by atoms with van der Waals surface area (Å²) in [6.07, 6.45) is 6.35. The Morgan fingerprint density at radius 3 is 2.95 bits per heavy atom. The zero-order valence-electron chi connectivity index (χ0n) is 11.9. The van der Waals surface area contributed by atoms with Crippen LogP contribution in [0.5, 0.6) is 0 Å². The van der Waals surface area contributed by atoms with Gasteiger partial charge in [-0.2, -0.15) is 0 Å². The molecule has 4 nitrogen and oxygen atoms in total. The molecule has 1 aliphatic heterocycles. The SMILES string of the molecule is CCNc1ccc(C(=O)N2CCCCCC2C)cn1. The average molecular weight is 261 g/mol. The van der Waals surface area contributed by atoms with Crippen LogP contribution in [0.25, 0.3) is 0 Å². The molecule has 104 valence electrons. The minimum atomic E-state index is 0.116. The molecule has 1 amide bonds. The van der Waals surface area contributed by atoms with Gasteiger partial charge in [0.15, 0.2) is 0 Å². The Balaban J connectivity index is 2.09. The highest BCUT2D eigenvalue weighted by molar-refractivity contribution is 5.94. The summed E-state index contributed by atoms with van der Waals surface area (Å²) in [6.45, 7) is 5.88. The van der Waals surface area contributed by atoms with E-state index in [1.165, 1.54) is 12.8 Å². The van der Waals surface area contributed by atoms with Crippen molar-refractivity contribution in [3.8, 4) is 0 Å². The van der Waals surface area contributed by atoms with E-state index in [2.05, 4.69) is 17.2 Å². The van der Waals surface area contributed by atoms with Crippen molar-refractivity contribution in [2.24, 2.45) is 0 Å². The van der Waals surface area contributed by atoms with E-state index in [9.17, 15) is 4.79 Å². The Hall–Kier alpha value is -1.58. The quantitative estimate of drug-likeness (QED) is 0.910. The van der Waals surface area contributed by atoms with Gasteiger partial charge in [-0.1, -0.05) is 12.8 Å². The second-order valence-electron chi connectivity index (χ2n) is 5.16. The molecule has 4 heteroatoms. The van der Waals surface area contributed by atoms with Crippen molar-refractivity contribution in [2.75, 3.05) is 18.4 Å². The molecule has 0 saturated carbocycles. The molecule has 1 N–H and O–H groups in total. The van der Waals surface area contributed by atoms with E-state index in [1.54, 1.807) is 6.20 Å². The Morgan fingerprint density at radius 1 is 1.42 bits per heavy atom. The number of pyridine rings is 1. The lowest BCUT2D eigenvalue weighted by atomic mass is 10.1. The molecule has 1 aromatic heterocycles. The standard InChI is InChI=1S/C15H23N3O/c1-3-16-14-9-8-13(11-17-14)15(19)18-10-6-4-5-7-12(18)2/h8-9,11-12H,3-7,10H2,1-2H3,(H,16,17). The number of anilines is 1. The van der Waals surface area contributed by atoms with E-state index in [0.29, 0.717) is 11.6 Å². The van der Waals surface area contributed by atoms with Crippen LogP contribution < -0.4 is 5.32 Å². The maximum Gasteiger partial charge on any atom is 0.255 e. The summed E-state index contributed by atoms with van der Waals surface area (Å²) < 4.78 is 0. The summed E-state index contributed by atoms with van der Waals surface area (Å²) in [5, 5.41) is 3.14. The number of nitrogens with zero attached hydrogens (tertiary/aromatic N) is 2. The first-order valence-corrected chi connectivity index (χ1v) is 7.23. The Labute approximate surface area is 115 Å². The number of amides is 1. The molecule has 0 bridgehead atoms. The van der Waals surface area contributed by atoms with E-state index < -0.39 is 0 Å². The van der Waals surface area contributed by atoms with E-state index >= 15 is 0 Å². The van der Waals surface area contributed by atoms with Crippen LogP contribution in [0.4, 0.5) is 5.82 Å². The molecule has 1 fully saturated rings. The number of hydrogen-bond acceptors (Lipinski definition) is 3. The van der Waals surface area contributed by atoms with Crippen molar-refractivity contribution in [3.05, 3.63) is 23.9 Å². The summed E-state index contributed by atoms with van der Waals surface area (Å²) in [7, 11) is 0. The maximum absolute atomic E-state index is 12.5. The predicted octanol–water partition coefficient (Wildman–Crippen LogP) is 2.92. The Kier molecular flexibility index (Phi) is 4.77. The molecule has 1 aliphatic rings. The van der Waals surface area contributed by atoms with Crippen LogP contribution in [0.15, 0.2) is 18.3 Å². The van der Waals surface area contributed by atoms with Crippen LogP contribution in [0.1, 0.15) is 49.9 Å². The summed E-state index contributed by atoms with van der Waals surface area (Å²) in [6, 6.07) is 4.08. The molecule has 1 saturated heterocycles. The first-order valence-electron chi connectivity index (χ1n) is 7.23. The number of carbonyl (C=O) groups is 1. The fourth-order valence-corrected chi connectivity index (χ4v) is 2.55. The Morgan fingerprint density at radius 2 is 2.26 bits per heavy atom. The van der Waals surface area contributed by atoms with E-state index in [4.69, 9.17) is 0 Å². The van der Waals surface area contributed by atoms with Gasteiger partial charge in [0.2, 0.25) is 0 Å². The maximum atomic E-state index is 12.5. The number of rotatable bonds is 3. The van der Waals surface area contributed by atoms with Gasteiger partial charge >= 0.3 is 0 Å². The molecule has 0 spiro atoms. The van der Waals surface area contributed by atoms with Crippen LogP contribution in [0, 0.1) is 0 Å². The van der Waals surface area contributed by atoms with E-state index in [1.807, 2.05) is 24.0 Å². The molecule has 1 atom stereocenters. The summed E-state index contributed by atoms with van der Waals surface area (Å²) in [5.74, 6) is 0.938. The molecule has 2 heterocycles. The molecular formula is C15H23N3O. The molecule has 0 radical (unpaired) electrons. The largest absolute Gasteiger partial charge is 0.370 e. The number of likely N-dealkylation sites (tertiary alicyclic amines) is 1. The molecule has 1 aromatic rings. The van der Waals surface area contributed by atoms with Gasteiger partial charge in [0.1, 0.15) is 5.82 Å². The van der Waals surface area contributed by atoms with Gasteiger partial charge in [0, 0.05) is 25.3 Å². The minimum absolute atomic E-state index is 0.116. The minimum Gasteiger partial charge on any atom is -0.370 e. The Bertz CT molecular complexity index is 416. The second kappa shape index (κ2) is 6.55. The smallest absolute Gasteiger partial charge is 0.255 e. The van der Waals surface area contributed by atoms with E-state index in [-0.39, 0.29) is 5.91 Å². The summed E-state index contributed by atoms with van der Waals surface area (Å²) in [5.41, 5.74) is 0.690. The fraction of sp³-hybridized carbons (Fsp3) is 0.600. The lowest BCUT2D eigenvalue weighted by Crippen LogP contribution is -2.38. The molecule has 0 aliphatic carbocycles. The van der Waals surface area contributed by atoms with Crippen molar-refractivity contribution >= 4 is 11.7 Å². The van der Waals surface area contributed by atoms with Gasteiger partial charge in [0.05, 0.1) is 5.56 Å². The third-order valence-electron chi connectivity index (χ3n) is 3.68. The lowest BCUT2D eigenvalue weighted by Gasteiger charge is -2.27. The van der Waals surface area contributed by atoms with Gasteiger partial charge < -0.3 is 10.2 Å². The van der Waals surface area contributed by atoms with Gasteiger partial charge in [-0.3, -0.25) is 4.79 Å². The molecular weight excluding hydrogens is 238 g/mol. The normalized spacial score (nSPS) is 19.9. The van der Waals surface area contributed by atoms with Crippen LogP contribution >= 0.6 is 0 Å². The first-order chi connectivity index (χ1) is 9.22. The highest BCUT2D eigenvalue weighted by Gasteiger charge is 2.23. The zero-order chi connectivity index (χ0) is 13.7. The number of nitrogens with one attached hydrogen (secondary N) is 1. The van der Waals surface area contributed by atoms with Gasteiger partial charge in [-0.15, -0.1) is 0 Å². The van der Waals surface area contributed by atoms with Crippen LogP contribution in [-0.4, -0.2) is 34.9 Å². The number of aromatic nitrogens is 1. The van der Waals surface area contributed by atoms with Crippen molar-refractivity contribution in [2.45, 2.75) is 45.6 Å². The van der Waals surface area contributed by atoms with Crippen molar-refractivity contribution in [3.63, 3.8) is 0 Å². The van der Waals surface area contributed by atoms with Crippen LogP contribution in [0.2, 0.25) is 0 Å². The molecule has 19 heavy (non-hydrogen) atoms. The summed E-state index contributed by atoms with van der Waals surface area (Å²) >= 11 is 0. The predicted molar refractivity (Wildman–Crippen MR) is 77.4 cm³/mol. The monoisotopic (exact) mass is 261 g/mol. The topological polar surface area (TPSA) is 45.2 Å². The van der Waals surface area contributed by atoms with Gasteiger partial charge in [-0.05, 0) is 38.8 Å². The third kappa shape index (κ3) is 3.46. The third-order valence-corrected chi connectivity index (χ3v) is 3.68. The lowest BCUT2D eigenvalue weighted by molar-refractivity contribution is 0.0697. The van der Waals surface area contributed by atoms with Crippen molar-refractivity contribution < 1.29 is 4.79 Å². The van der Waals surface area contributed by atoms with E-state index in [0.717, 1.165) is 31.7 Å². The fourth-order valence-electron chi connectivity index (χ4n) is 2.55. The first kappa shape index (κ1) is 13.8. The molecule has 0 aromatic carbocycles. The molecule has 2 rings (SSSR count). The molecule has 1 unspecified atom stereocenters. The highest BCUT2D eigenvalue weighted by Crippen LogP contribution is 2.19. The van der Waals surface area contributed by atoms with Crippen molar-refractivity contribution in [1.82, 2.24) is 9.88 Å². The van der Waals surface area contributed by atoms with Crippen LogP contribution in [0.3, 0.4) is 0 Å². The second-order valence-corrected chi connectivity index (χ2v) is 5.16. The average Bonchev–Trinajstić information content (AvgIpc) is 2.64. The number of hydrogen-bond donors (Lipinski definition) is 1. The van der Waals surface area contributed by atoms with Crippen LogP contribution in [-0.2, 0) is 0 Å². The summed E-state index contributed by atoms with van der Waals surface area (Å²) in [4.78, 5) is 18.8. The van der Waals surface area contributed by atoms with Crippen molar-refractivity contribution in [1.29, 1.82) is 0 Å².